The predicted octanol–water partition coefficient (Wildman–Crippen LogP) is 8.27. The van der Waals surface area contributed by atoms with Gasteiger partial charge >= 0.3 is 0 Å². The summed E-state index contributed by atoms with van der Waals surface area (Å²) in [5.41, 5.74) is 0. The smallest absolute Gasteiger partial charge is 0.109 e. The molecule has 26 heavy (non-hydrogen) atoms. The largest absolute Gasteiger partial charge is 0.217 e. The molecule has 0 unspecified atom stereocenters. The van der Waals surface area contributed by atoms with Crippen molar-refractivity contribution in [3.05, 3.63) is 0 Å². The number of hydroxylamine groups is 3. The zero-order valence-electron chi connectivity index (χ0n) is 18.7. The SMILES string of the molecule is CCCCCCCC[N+](O)(CCCCCCCC)CCCCCCCC. The Balaban J connectivity index is 4.02. The highest BCUT2D eigenvalue weighted by atomic mass is 16.5. The molecule has 0 aromatic rings. The average molecular weight is 371 g/mol. The zero-order valence-corrected chi connectivity index (χ0v) is 18.7. The Bertz CT molecular complexity index is 226. The van der Waals surface area contributed by atoms with Crippen LogP contribution in [-0.2, 0) is 0 Å². The van der Waals surface area contributed by atoms with E-state index in [9.17, 15) is 5.21 Å². The molecule has 0 heterocycles. The minimum absolute atomic E-state index is 0.356. The van der Waals surface area contributed by atoms with E-state index in [2.05, 4.69) is 20.8 Å². The van der Waals surface area contributed by atoms with E-state index in [0.717, 1.165) is 19.6 Å². The van der Waals surface area contributed by atoms with Crippen molar-refractivity contribution in [1.29, 1.82) is 0 Å². The Morgan fingerprint density at radius 3 is 0.885 bits per heavy atom. The first-order chi connectivity index (χ1) is 12.7. The molecule has 2 heteroatoms. The molecule has 0 spiro atoms. The molecule has 2 nitrogen and oxygen atoms in total. The van der Waals surface area contributed by atoms with Gasteiger partial charge in [-0.15, -0.1) is 0 Å². The fourth-order valence-electron chi connectivity index (χ4n) is 3.89. The van der Waals surface area contributed by atoms with Gasteiger partial charge in [0, 0.05) is 0 Å². The van der Waals surface area contributed by atoms with Crippen molar-refractivity contribution >= 4 is 0 Å². The fraction of sp³-hybridized carbons (Fsp3) is 1.00. The van der Waals surface area contributed by atoms with Crippen LogP contribution >= 0.6 is 0 Å². The number of hydrogen-bond acceptors (Lipinski definition) is 1. The first-order valence-electron chi connectivity index (χ1n) is 12.3. The van der Waals surface area contributed by atoms with Gasteiger partial charge in [0.25, 0.3) is 0 Å². The van der Waals surface area contributed by atoms with Gasteiger partial charge in [-0.2, -0.15) is 4.65 Å². The lowest BCUT2D eigenvalue weighted by Gasteiger charge is -2.30. The summed E-state index contributed by atoms with van der Waals surface area (Å²) in [7, 11) is 0. The Hall–Kier alpha value is -0.0800. The summed E-state index contributed by atoms with van der Waals surface area (Å²) >= 11 is 0. The molecule has 0 amide bonds. The normalized spacial score (nSPS) is 12.0. The van der Waals surface area contributed by atoms with Gasteiger partial charge in [-0.3, -0.25) is 0 Å². The maximum atomic E-state index is 11.2. The molecule has 0 aromatic carbocycles. The van der Waals surface area contributed by atoms with Crippen molar-refractivity contribution in [2.24, 2.45) is 0 Å². The molecule has 0 aromatic heterocycles. The molecular formula is C24H52NO+. The van der Waals surface area contributed by atoms with Crippen molar-refractivity contribution in [3.8, 4) is 0 Å². The van der Waals surface area contributed by atoms with Crippen molar-refractivity contribution in [1.82, 2.24) is 0 Å². The van der Waals surface area contributed by atoms with Crippen LogP contribution in [0.2, 0.25) is 0 Å². The number of quaternary nitrogens is 1. The van der Waals surface area contributed by atoms with Gasteiger partial charge in [0.2, 0.25) is 0 Å². The van der Waals surface area contributed by atoms with Crippen molar-refractivity contribution in [2.75, 3.05) is 19.6 Å². The molecule has 0 radical (unpaired) electrons. The molecule has 0 fully saturated rings. The molecule has 158 valence electrons. The second-order valence-electron chi connectivity index (χ2n) is 8.57. The Labute approximate surface area is 166 Å². The van der Waals surface area contributed by atoms with E-state index < -0.39 is 0 Å². The molecule has 0 saturated carbocycles. The Morgan fingerprint density at radius 2 is 0.615 bits per heavy atom. The number of nitrogens with zero attached hydrogens (tertiary/aromatic N) is 1. The van der Waals surface area contributed by atoms with Crippen molar-refractivity contribution in [3.63, 3.8) is 0 Å². The lowest BCUT2D eigenvalue weighted by atomic mass is 10.1. The van der Waals surface area contributed by atoms with Crippen LogP contribution in [0, 0.1) is 0 Å². The Kier molecular flexibility index (Phi) is 19.6. The van der Waals surface area contributed by atoms with Crippen LogP contribution in [0.15, 0.2) is 0 Å². The minimum atomic E-state index is 0.356. The molecule has 0 saturated heterocycles. The van der Waals surface area contributed by atoms with E-state index in [1.807, 2.05) is 0 Å². The number of hydrogen-bond donors (Lipinski definition) is 1. The molecular weight excluding hydrogens is 318 g/mol. The third-order valence-electron chi connectivity index (χ3n) is 5.78. The van der Waals surface area contributed by atoms with E-state index in [0.29, 0.717) is 4.65 Å². The van der Waals surface area contributed by atoms with Gasteiger partial charge in [0.15, 0.2) is 0 Å². The molecule has 0 aliphatic rings. The van der Waals surface area contributed by atoms with Crippen LogP contribution in [0.1, 0.15) is 136 Å². The zero-order chi connectivity index (χ0) is 19.3. The topological polar surface area (TPSA) is 20.2 Å². The van der Waals surface area contributed by atoms with Crippen LogP contribution < -0.4 is 0 Å². The summed E-state index contributed by atoms with van der Waals surface area (Å²) < 4.78 is 0.356. The van der Waals surface area contributed by atoms with Gasteiger partial charge in [-0.05, 0) is 38.5 Å². The second-order valence-corrected chi connectivity index (χ2v) is 8.57. The third kappa shape index (κ3) is 17.3. The second kappa shape index (κ2) is 19.7. The Morgan fingerprint density at radius 1 is 0.385 bits per heavy atom. The van der Waals surface area contributed by atoms with Crippen LogP contribution in [0.5, 0.6) is 0 Å². The van der Waals surface area contributed by atoms with Crippen LogP contribution in [0.3, 0.4) is 0 Å². The minimum Gasteiger partial charge on any atom is -0.217 e. The molecule has 0 rings (SSSR count). The highest BCUT2D eigenvalue weighted by Crippen LogP contribution is 2.16. The van der Waals surface area contributed by atoms with E-state index in [-0.39, 0.29) is 0 Å². The summed E-state index contributed by atoms with van der Waals surface area (Å²) in [6.45, 7) is 9.77. The van der Waals surface area contributed by atoms with Gasteiger partial charge in [-0.25, -0.2) is 5.21 Å². The fourth-order valence-corrected chi connectivity index (χ4v) is 3.89. The molecule has 0 aliphatic heterocycles. The van der Waals surface area contributed by atoms with Crippen LogP contribution in [-0.4, -0.2) is 29.5 Å². The third-order valence-corrected chi connectivity index (χ3v) is 5.78. The maximum absolute atomic E-state index is 11.2. The first-order valence-corrected chi connectivity index (χ1v) is 12.3. The summed E-state index contributed by atoms with van der Waals surface area (Å²) in [5.74, 6) is 0. The quantitative estimate of drug-likeness (QED) is 0.122. The van der Waals surface area contributed by atoms with E-state index in [4.69, 9.17) is 0 Å². The number of rotatable bonds is 21. The lowest BCUT2D eigenvalue weighted by molar-refractivity contribution is -1.10. The van der Waals surface area contributed by atoms with Gasteiger partial charge in [-0.1, -0.05) is 97.8 Å². The lowest BCUT2D eigenvalue weighted by Crippen LogP contribution is -2.47. The van der Waals surface area contributed by atoms with Gasteiger partial charge < -0.3 is 0 Å². The van der Waals surface area contributed by atoms with Crippen molar-refractivity contribution < 1.29 is 9.85 Å². The molecule has 0 aliphatic carbocycles. The molecule has 0 atom stereocenters. The van der Waals surface area contributed by atoms with E-state index >= 15 is 0 Å². The predicted molar refractivity (Wildman–Crippen MR) is 117 cm³/mol. The molecule has 0 bridgehead atoms. The van der Waals surface area contributed by atoms with Crippen LogP contribution in [0.4, 0.5) is 0 Å². The highest BCUT2D eigenvalue weighted by Gasteiger charge is 2.23. The van der Waals surface area contributed by atoms with E-state index in [1.165, 1.54) is 116 Å². The number of unbranched alkanes of at least 4 members (excludes halogenated alkanes) is 15. The van der Waals surface area contributed by atoms with Crippen LogP contribution in [0.25, 0.3) is 0 Å². The standard InChI is InChI=1S/C24H52NO/c1-4-7-10-13-16-19-22-25(26,23-20-17-14-11-8-5-2)24-21-18-15-12-9-6-3/h26H,4-24H2,1-3H3/q+1. The van der Waals surface area contributed by atoms with Gasteiger partial charge in [0.1, 0.15) is 19.6 Å². The van der Waals surface area contributed by atoms with Gasteiger partial charge in [0.05, 0.1) is 0 Å². The maximum Gasteiger partial charge on any atom is 0.109 e. The first kappa shape index (κ1) is 25.9. The highest BCUT2D eigenvalue weighted by molar-refractivity contribution is 4.49. The van der Waals surface area contributed by atoms with Crippen molar-refractivity contribution in [2.45, 2.75) is 136 Å². The summed E-state index contributed by atoms with van der Waals surface area (Å²) in [6.07, 6.45) is 23.7. The summed E-state index contributed by atoms with van der Waals surface area (Å²) in [4.78, 5) is 0. The average Bonchev–Trinajstić information content (AvgIpc) is 2.64. The summed E-state index contributed by atoms with van der Waals surface area (Å²) in [5, 5.41) is 11.2. The summed E-state index contributed by atoms with van der Waals surface area (Å²) in [6, 6.07) is 0. The molecule has 1 N–H and O–H groups in total. The monoisotopic (exact) mass is 370 g/mol. The van der Waals surface area contributed by atoms with E-state index in [1.54, 1.807) is 0 Å².